The van der Waals surface area contributed by atoms with E-state index < -0.39 is 0 Å². The molecule has 2 saturated heterocycles. The van der Waals surface area contributed by atoms with E-state index in [0.717, 1.165) is 38.7 Å². The number of nitrogens with one attached hydrogen (secondary N) is 1. The van der Waals surface area contributed by atoms with Gasteiger partial charge in [-0.25, -0.2) is 0 Å². The second-order valence-electron chi connectivity index (χ2n) is 5.99. The van der Waals surface area contributed by atoms with Crippen LogP contribution in [0.25, 0.3) is 0 Å². The van der Waals surface area contributed by atoms with E-state index in [1.807, 2.05) is 0 Å². The van der Waals surface area contributed by atoms with Crippen molar-refractivity contribution < 1.29 is 4.74 Å². The maximum Gasteiger partial charge on any atom is 0.0826 e. The van der Waals surface area contributed by atoms with Gasteiger partial charge >= 0.3 is 0 Å². The largest absolute Gasteiger partial charge is 0.374 e. The van der Waals surface area contributed by atoms with Gasteiger partial charge in [-0.3, -0.25) is 0 Å². The summed E-state index contributed by atoms with van der Waals surface area (Å²) in [7, 11) is 4.40. The number of morpholine rings is 1. The zero-order chi connectivity index (χ0) is 12.8. The maximum absolute atomic E-state index is 5.74. The first kappa shape index (κ1) is 14.3. The molecule has 0 aromatic carbocycles. The van der Waals surface area contributed by atoms with Gasteiger partial charge in [-0.05, 0) is 58.9 Å². The van der Waals surface area contributed by atoms with Gasteiger partial charge in [-0.2, -0.15) is 0 Å². The highest BCUT2D eigenvalue weighted by molar-refractivity contribution is 4.73. The molecule has 106 valence electrons. The summed E-state index contributed by atoms with van der Waals surface area (Å²) in [5.41, 5.74) is 0. The summed E-state index contributed by atoms with van der Waals surface area (Å²) in [5.74, 6) is 0.934. The SMILES string of the molecule is CN1CCC(CCNCC2CN(C)CCO2)CC1. The van der Waals surface area contributed by atoms with Crippen LogP contribution in [0.2, 0.25) is 0 Å². The second-order valence-corrected chi connectivity index (χ2v) is 5.99. The minimum Gasteiger partial charge on any atom is -0.374 e. The Morgan fingerprint density at radius 3 is 2.61 bits per heavy atom. The van der Waals surface area contributed by atoms with Crippen LogP contribution < -0.4 is 5.32 Å². The smallest absolute Gasteiger partial charge is 0.0826 e. The van der Waals surface area contributed by atoms with Gasteiger partial charge in [0.1, 0.15) is 0 Å². The number of likely N-dealkylation sites (N-methyl/N-ethyl adjacent to an activating group) is 1. The fourth-order valence-corrected chi connectivity index (χ4v) is 2.91. The molecule has 2 aliphatic rings. The fourth-order valence-electron chi connectivity index (χ4n) is 2.91. The number of piperidine rings is 1. The monoisotopic (exact) mass is 255 g/mol. The number of rotatable bonds is 5. The fraction of sp³-hybridized carbons (Fsp3) is 1.00. The van der Waals surface area contributed by atoms with E-state index in [0.29, 0.717) is 6.10 Å². The Kier molecular flexibility index (Phi) is 5.89. The summed E-state index contributed by atoms with van der Waals surface area (Å²) >= 11 is 0. The minimum absolute atomic E-state index is 0.390. The molecule has 4 heteroatoms. The van der Waals surface area contributed by atoms with Gasteiger partial charge in [0.15, 0.2) is 0 Å². The summed E-state index contributed by atoms with van der Waals surface area (Å²) in [6.45, 7) is 7.75. The third-order valence-corrected chi connectivity index (χ3v) is 4.28. The number of ether oxygens (including phenoxy) is 1. The van der Waals surface area contributed by atoms with E-state index in [1.54, 1.807) is 0 Å². The zero-order valence-corrected chi connectivity index (χ0v) is 12.0. The molecule has 0 aromatic heterocycles. The van der Waals surface area contributed by atoms with Gasteiger partial charge in [-0.1, -0.05) is 0 Å². The molecule has 4 nitrogen and oxygen atoms in total. The van der Waals surface area contributed by atoms with Crippen LogP contribution in [0.1, 0.15) is 19.3 Å². The summed E-state index contributed by atoms with van der Waals surface area (Å²) in [6.07, 6.45) is 4.47. The molecule has 1 unspecified atom stereocenters. The quantitative estimate of drug-likeness (QED) is 0.730. The summed E-state index contributed by atoms with van der Waals surface area (Å²) < 4.78 is 5.74. The molecule has 2 fully saturated rings. The molecule has 0 bridgehead atoms. The number of nitrogens with zero attached hydrogens (tertiary/aromatic N) is 2. The van der Waals surface area contributed by atoms with Gasteiger partial charge in [0.25, 0.3) is 0 Å². The van der Waals surface area contributed by atoms with Crippen molar-refractivity contribution >= 4 is 0 Å². The van der Waals surface area contributed by atoms with Crippen molar-refractivity contribution in [3.63, 3.8) is 0 Å². The molecule has 2 heterocycles. The van der Waals surface area contributed by atoms with Crippen LogP contribution in [0.5, 0.6) is 0 Å². The standard InChI is InChI=1S/C14H29N3O/c1-16-7-4-13(5-8-16)3-6-15-11-14-12-17(2)9-10-18-14/h13-15H,3-12H2,1-2H3. The first-order valence-corrected chi connectivity index (χ1v) is 7.43. The molecule has 0 aromatic rings. The van der Waals surface area contributed by atoms with Crippen molar-refractivity contribution in [1.29, 1.82) is 0 Å². The average Bonchev–Trinajstić information content (AvgIpc) is 2.37. The molecule has 0 radical (unpaired) electrons. The predicted molar refractivity (Wildman–Crippen MR) is 74.9 cm³/mol. The van der Waals surface area contributed by atoms with Crippen LogP contribution in [-0.2, 0) is 4.74 Å². The Labute approximate surface area is 112 Å². The van der Waals surface area contributed by atoms with Crippen LogP contribution in [0, 0.1) is 5.92 Å². The summed E-state index contributed by atoms with van der Waals surface area (Å²) in [5, 5.41) is 3.57. The Hall–Kier alpha value is -0.160. The number of likely N-dealkylation sites (tertiary alicyclic amines) is 1. The van der Waals surface area contributed by atoms with Gasteiger partial charge < -0.3 is 19.9 Å². The van der Waals surface area contributed by atoms with E-state index >= 15 is 0 Å². The predicted octanol–water partition coefficient (Wildman–Crippen LogP) is 0.639. The highest BCUT2D eigenvalue weighted by Gasteiger charge is 2.18. The number of hydrogen-bond donors (Lipinski definition) is 1. The van der Waals surface area contributed by atoms with E-state index in [4.69, 9.17) is 4.74 Å². The molecule has 1 N–H and O–H groups in total. The Bertz CT molecular complexity index is 229. The maximum atomic E-state index is 5.74. The Morgan fingerprint density at radius 1 is 1.11 bits per heavy atom. The molecule has 1 atom stereocenters. The molecule has 0 saturated carbocycles. The van der Waals surface area contributed by atoms with Crippen molar-refractivity contribution in [3.8, 4) is 0 Å². The zero-order valence-electron chi connectivity index (χ0n) is 12.0. The molecular formula is C14H29N3O. The van der Waals surface area contributed by atoms with Crippen molar-refractivity contribution in [1.82, 2.24) is 15.1 Å². The van der Waals surface area contributed by atoms with Crippen molar-refractivity contribution in [3.05, 3.63) is 0 Å². The lowest BCUT2D eigenvalue weighted by Gasteiger charge is -2.31. The lowest BCUT2D eigenvalue weighted by Crippen LogP contribution is -2.45. The van der Waals surface area contributed by atoms with Crippen molar-refractivity contribution in [2.45, 2.75) is 25.4 Å². The van der Waals surface area contributed by atoms with Crippen LogP contribution >= 0.6 is 0 Å². The third kappa shape index (κ3) is 4.84. The molecule has 2 rings (SSSR count). The molecule has 18 heavy (non-hydrogen) atoms. The molecule has 0 spiro atoms. The highest BCUT2D eigenvalue weighted by atomic mass is 16.5. The topological polar surface area (TPSA) is 27.7 Å². The van der Waals surface area contributed by atoms with Gasteiger partial charge in [0.2, 0.25) is 0 Å². The van der Waals surface area contributed by atoms with E-state index in [2.05, 4.69) is 29.2 Å². The van der Waals surface area contributed by atoms with E-state index in [-0.39, 0.29) is 0 Å². The van der Waals surface area contributed by atoms with Gasteiger partial charge in [0, 0.05) is 19.6 Å². The second kappa shape index (κ2) is 7.43. The van der Waals surface area contributed by atoms with Crippen LogP contribution in [-0.4, -0.2) is 75.9 Å². The van der Waals surface area contributed by atoms with Crippen molar-refractivity contribution in [2.75, 3.05) is 60.0 Å². The van der Waals surface area contributed by atoms with E-state index in [9.17, 15) is 0 Å². The first-order chi connectivity index (χ1) is 8.74. The van der Waals surface area contributed by atoms with Crippen LogP contribution in [0.15, 0.2) is 0 Å². The van der Waals surface area contributed by atoms with E-state index in [1.165, 1.54) is 32.4 Å². The van der Waals surface area contributed by atoms with Gasteiger partial charge in [0.05, 0.1) is 12.7 Å². The lowest BCUT2D eigenvalue weighted by atomic mass is 9.94. The Balaban J connectivity index is 1.50. The molecule has 2 aliphatic heterocycles. The third-order valence-electron chi connectivity index (χ3n) is 4.28. The highest BCUT2D eigenvalue weighted by Crippen LogP contribution is 2.18. The average molecular weight is 255 g/mol. The first-order valence-electron chi connectivity index (χ1n) is 7.43. The van der Waals surface area contributed by atoms with Crippen molar-refractivity contribution in [2.24, 2.45) is 5.92 Å². The lowest BCUT2D eigenvalue weighted by molar-refractivity contribution is -0.0181. The summed E-state index contributed by atoms with van der Waals surface area (Å²) in [6, 6.07) is 0. The number of hydrogen-bond acceptors (Lipinski definition) is 4. The van der Waals surface area contributed by atoms with Crippen LogP contribution in [0.4, 0.5) is 0 Å². The molecule has 0 aliphatic carbocycles. The van der Waals surface area contributed by atoms with Gasteiger partial charge in [-0.15, -0.1) is 0 Å². The normalized spacial score (nSPS) is 28.7. The Morgan fingerprint density at radius 2 is 1.89 bits per heavy atom. The molecule has 0 amide bonds. The summed E-state index contributed by atoms with van der Waals surface area (Å²) in [4.78, 5) is 4.79. The molecular weight excluding hydrogens is 226 g/mol. The minimum atomic E-state index is 0.390. The van der Waals surface area contributed by atoms with Crippen LogP contribution in [0.3, 0.4) is 0 Å².